The highest BCUT2D eigenvalue weighted by atomic mass is 16.5. The van der Waals surface area contributed by atoms with Crippen LogP contribution in [-0.4, -0.2) is 32.8 Å². The summed E-state index contributed by atoms with van der Waals surface area (Å²) in [4.78, 5) is 4.62. The van der Waals surface area contributed by atoms with Crippen molar-refractivity contribution < 1.29 is 4.74 Å². The van der Waals surface area contributed by atoms with E-state index in [4.69, 9.17) is 4.74 Å². The number of fused-ring (bicyclic) bond motifs is 1. The molecule has 0 atom stereocenters. The molecule has 142 valence electrons. The summed E-state index contributed by atoms with van der Waals surface area (Å²) in [7, 11) is 0. The van der Waals surface area contributed by atoms with Crippen LogP contribution in [0.3, 0.4) is 0 Å². The lowest BCUT2D eigenvalue weighted by atomic mass is 9.87. The lowest BCUT2D eigenvalue weighted by Gasteiger charge is -2.24. The maximum Gasteiger partial charge on any atom is 0.140 e. The van der Waals surface area contributed by atoms with Gasteiger partial charge in [0.25, 0.3) is 0 Å². The molecule has 5 nitrogen and oxygen atoms in total. The number of aryl methyl sites for hydroxylation is 1. The number of hydrogen-bond donors (Lipinski definition) is 1. The first-order valence-corrected chi connectivity index (χ1v) is 9.91. The fraction of sp³-hybridized carbons (Fsp3) is 0.304. The van der Waals surface area contributed by atoms with Crippen LogP contribution in [0, 0.1) is 6.92 Å². The van der Waals surface area contributed by atoms with Crippen molar-refractivity contribution in [1.82, 2.24) is 19.6 Å². The van der Waals surface area contributed by atoms with E-state index in [9.17, 15) is 0 Å². The number of nitrogens with zero attached hydrogens (tertiary/aromatic N) is 3. The summed E-state index contributed by atoms with van der Waals surface area (Å²) in [5.41, 5.74) is 8.59. The number of H-pyrrole nitrogens is 1. The van der Waals surface area contributed by atoms with Gasteiger partial charge in [0.2, 0.25) is 0 Å². The molecule has 0 saturated carbocycles. The Labute approximate surface area is 164 Å². The predicted octanol–water partition coefficient (Wildman–Crippen LogP) is 4.52. The molecule has 3 aromatic heterocycles. The van der Waals surface area contributed by atoms with Crippen LogP contribution >= 0.6 is 0 Å². The standard InChI is InChI=1S/C23H24N4O/c1-16-12-17(2-4-21(16)18-6-10-28-11-7-18)13-19-3-5-22(20-14-25-26-15-20)27-9-8-24-23(19)27/h2-5,8-9,12,14-15,18H,6-7,10-11,13H2,1H3,(H,25,26). The van der Waals surface area contributed by atoms with Crippen molar-refractivity contribution >= 4 is 5.65 Å². The number of nitrogens with one attached hydrogen (secondary N) is 1. The first kappa shape index (κ1) is 17.2. The van der Waals surface area contributed by atoms with Crippen LogP contribution in [0.4, 0.5) is 0 Å². The van der Waals surface area contributed by atoms with Gasteiger partial charge in [-0.1, -0.05) is 24.3 Å². The van der Waals surface area contributed by atoms with Gasteiger partial charge in [0, 0.05) is 43.8 Å². The normalized spacial score (nSPS) is 15.3. The Morgan fingerprint density at radius 3 is 2.86 bits per heavy atom. The van der Waals surface area contributed by atoms with Gasteiger partial charge in [0.05, 0.1) is 11.9 Å². The minimum absolute atomic E-state index is 0.635. The minimum Gasteiger partial charge on any atom is -0.381 e. The van der Waals surface area contributed by atoms with Crippen LogP contribution in [0.2, 0.25) is 0 Å². The second-order valence-corrected chi connectivity index (χ2v) is 7.61. The molecule has 5 rings (SSSR count). The lowest BCUT2D eigenvalue weighted by molar-refractivity contribution is 0.0852. The molecule has 1 fully saturated rings. The number of aromatic nitrogens is 4. The highest BCUT2D eigenvalue weighted by molar-refractivity contribution is 5.65. The molecule has 1 N–H and O–H groups in total. The van der Waals surface area contributed by atoms with Crippen molar-refractivity contribution in [2.45, 2.75) is 32.1 Å². The molecule has 0 radical (unpaired) electrons. The molecule has 4 heterocycles. The second-order valence-electron chi connectivity index (χ2n) is 7.61. The fourth-order valence-electron chi connectivity index (χ4n) is 4.37. The molecule has 1 aliphatic rings. The molecule has 1 aromatic carbocycles. The van der Waals surface area contributed by atoms with Gasteiger partial charge >= 0.3 is 0 Å². The predicted molar refractivity (Wildman–Crippen MR) is 110 cm³/mol. The lowest BCUT2D eigenvalue weighted by Crippen LogP contribution is -2.15. The summed E-state index contributed by atoms with van der Waals surface area (Å²) < 4.78 is 7.66. The van der Waals surface area contributed by atoms with E-state index in [-0.39, 0.29) is 0 Å². The van der Waals surface area contributed by atoms with E-state index in [1.165, 1.54) is 22.3 Å². The Balaban J connectivity index is 1.45. The zero-order valence-electron chi connectivity index (χ0n) is 16.1. The molecule has 0 aliphatic carbocycles. The monoisotopic (exact) mass is 372 g/mol. The SMILES string of the molecule is Cc1cc(Cc2ccc(-c3cn[nH]c3)n3ccnc23)ccc1C1CCOCC1. The molecule has 0 bridgehead atoms. The molecule has 0 amide bonds. The number of benzene rings is 1. The Hall–Kier alpha value is -2.92. The largest absolute Gasteiger partial charge is 0.381 e. The number of imidazole rings is 1. The Morgan fingerprint density at radius 2 is 2.07 bits per heavy atom. The highest BCUT2D eigenvalue weighted by Gasteiger charge is 2.18. The van der Waals surface area contributed by atoms with E-state index in [0.717, 1.165) is 49.4 Å². The maximum absolute atomic E-state index is 5.52. The molecule has 1 aliphatic heterocycles. The molecule has 0 unspecified atom stereocenters. The van der Waals surface area contributed by atoms with Crippen molar-refractivity contribution in [1.29, 1.82) is 0 Å². The van der Waals surface area contributed by atoms with E-state index in [1.807, 2.05) is 24.8 Å². The van der Waals surface area contributed by atoms with Crippen LogP contribution in [-0.2, 0) is 11.2 Å². The smallest absolute Gasteiger partial charge is 0.140 e. The maximum atomic E-state index is 5.52. The first-order valence-electron chi connectivity index (χ1n) is 9.91. The second kappa shape index (κ2) is 7.24. The summed E-state index contributed by atoms with van der Waals surface area (Å²) in [5.74, 6) is 0.635. The summed E-state index contributed by atoms with van der Waals surface area (Å²) >= 11 is 0. The quantitative estimate of drug-likeness (QED) is 0.573. The van der Waals surface area contributed by atoms with Crippen molar-refractivity contribution in [3.05, 3.63) is 77.4 Å². The average molecular weight is 372 g/mol. The van der Waals surface area contributed by atoms with Gasteiger partial charge in [-0.05, 0) is 54.0 Å². The van der Waals surface area contributed by atoms with Gasteiger partial charge in [-0.25, -0.2) is 4.98 Å². The minimum atomic E-state index is 0.635. The van der Waals surface area contributed by atoms with Gasteiger partial charge < -0.3 is 4.74 Å². The van der Waals surface area contributed by atoms with Crippen molar-refractivity contribution in [3.8, 4) is 11.3 Å². The summed E-state index contributed by atoms with van der Waals surface area (Å²) in [6.45, 7) is 4.00. The summed E-state index contributed by atoms with van der Waals surface area (Å²) in [6.07, 6.45) is 10.8. The van der Waals surface area contributed by atoms with Crippen molar-refractivity contribution in [2.24, 2.45) is 0 Å². The fourth-order valence-corrected chi connectivity index (χ4v) is 4.37. The summed E-state index contributed by atoms with van der Waals surface area (Å²) in [5, 5.41) is 6.96. The van der Waals surface area contributed by atoms with E-state index in [2.05, 4.69) is 56.8 Å². The van der Waals surface area contributed by atoms with Gasteiger partial charge in [-0.2, -0.15) is 5.10 Å². The molecular weight excluding hydrogens is 348 g/mol. The van der Waals surface area contributed by atoms with E-state index >= 15 is 0 Å². The van der Waals surface area contributed by atoms with Crippen LogP contribution in [0.1, 0.15) is 41.0 Å². The van der Waals surface area contributed by atoms with Crippen LogP contribution in [0.25, 0.3) is 16.9 Å². The number of aromatic amines is 1. The van der Waals surface area contributed by atoms with Gasteiger partial charge in [0.15, 0.2) is 0 Å². The van der Waals surface area contributed by atoms with E-state index in [1.54, 1.807) is 0 Å². The van der Waals surface area contributed by atoms with Gasteiger partial charge in [-0.15, -0.1) is 0 Å². The molecule has 0 spiro atoms. The Kier molecular flexibility index (Phi) is 4.45. The van der Waals surface area contributed by atoms with E-state index in [0.29, 0.717) is 5.92 Å². The number of rotatable bonds is 4. The first-order chi connectivity index (χ1) is 13.8. The molecule has 28 heavy (non-hydrogen) atoms. The van der Waals surface area contributed by atoms with Crippen LogP contribution in [0.15, 0.2) is 55.1 Å². The van der Waals surface area contributed by atoms with Crippen LogP contribution < -0.4 is 0 Å². The summed E-state index contributed by atoms with van der Waals surface area (Å²) in [6, 6.07) is 11.3. The molecule has 1 saturated heterocycles. The van der Waals surface area contributed by atoms with Gasteiger partial charge in [-0.3, -0.25) is 9.50 Å². The molecule has 5 heteroatoms. The Morgan fingerprint density at radius 1 is 1.18 bits per heavy atom. The number of ether oxygens (including phenoxy) is 1. The zero-order valence-corrected chi connectivity index (χ0v) is 16.1. The van der Waals surface area contributed by atoms with E-state index < -0.39 is 0 Å². The average Bonchev–Trinajstić information content (AvgIpc) is 3.42. The van der Waals surface area contributed by atoms with Crippen molar-refractivity contribution in [2.75, 3.05) is 13.2 Å². The van der Waals surface area contributed by atoms with Crippen molar-refractivity contribution in [3.63, 3.8) is 0 Å². The number of hydrogen-bond acceptors (Lipinski definition) is 3. The third kappa shape index (κ3) is 3.12. The molecule has 4 aromatic rings. The number of pyridine rings is 1. The zero-order chi connectivity index (χ0) is 18.9. The Bertz CT molecular complexity index is 1090. The van der Waals surface area contributed by atoms with Crippen LogP contribution in [0.5, 0.6) is 0 Å². The third-order valence-corrected chi connectivity index (χ3v) is 5.81. The highest BCUT2D eigenvalue weighted by Crippen LogP contribution is 2.30. The topological polar surface area (TPSA) is 55.2 Å². The third-order valence-electron chi connectivity index (χ3n) is 5.81. The molecular formula is C23H24N4O. The van der Waals surface area contributed by atoms with Gasteiger partial charge in [0.1, 0.15) is 5.65 Å².